The fraction of sp³-hybridized carbons (Fsp3) is 0.535. The summed E-state index contributed by atoms with van der Waals surface area (Å²) in [6, 6.07) is 14.5. The van der Waals surface area contributed by atoms with Crippen LogP contribution in [0.25, 0.3) is 0 Å². The summed E-state index contributed by atoms with van der Waals surface area (Å²) >= 11 is 0. The first-order valence-corrected chi connectivity index (χ1v) is 19.2. The molecule has 0 radical (unpaired) electrons. The molecule has 4 aliphatic rings. The van der Waals surface area contributed by atoms with Crippen LogP contribution in [0.3, 0.4) is 0 Å². The van der Waals surface area contributed by atoms with Crippen molar-refractivity contribution in [2.75, 3.05) is 6.61 Å². The Kier molecular flexibility index (Phi) is 11.0. The van der Waals surface area contributed by atoms with Gasteiger partial charge in [0.2, 0.25) is 11.6 Å². The van der Waals surface area contributed by atoms with E-state index in [4.69, 9.17) is 23.7 Å². The molecular formula is C43H51NO14. The number of alkyl carbamates (subject to hydrolysis) is 1. The number of nitrogens with one attached hydrogen (secondary N) is 1. The molecule has 58 heavy (non-hydrogen) atoms. The van der Waals surface area contributed by atoms with Gasteiger partial charge in [0.25, 0.3) is 0 Å². The normalized spacial score (nSPS) is 32.4. The van der Waals surface area contributed by atoms with E-state index in [1.54, 1.807) is 69.3 Å². The molecule has 1 heterocycles. The van der Waals surface area contributed by atoms with Gasteiger partial charge in [-0.15, -0.1) is 0 Å². The number of amides is 1. The van der Waals surface area contributed by atoms with Crippen LogP contribution >= 0.6 is 0 Å². The van der Waals surface area contributed by atoms with Crippen LogP contribution in [0.4, 0.5) is 4.79 Å². The molecule has 15 nitrogen and oxygen atoms in total. The lowest BCUT2D eigenvalue weighted by molar-refractivity contribution is -0.343. The van der Waals surface area contributed by atoms with Crippen LogP contribution in [-0.2, 0) is 42.9 Å². The summed E-state index contributed by atoms with van der Waals surface area (Å²) in [5.74, 6) is -6.80. The number of ketones is 2. The zero-order valence-corrected chi connectivity index (χ0v) is 33.8. The third kappa shape index (κ3) is 7.01. The standard InChI is InChI=1S/C43H51NO14/c1-22-26(55-37(51)32(48)30(24-15-11-9-12-16-24)44-38(52)58-39(3,4)5)20-43(53)35(56-36(50)25-17-13-10-14-18-25)33-41(8,34(49)31(47)29(22)40(43,6)7)27(46)19-28-42(33,21-54-28)57-23(2)45/h9-18,26-28,30,32-33,35,46,48,53H,19-21H2,1-8H3,(H,44,52). The van der Waals surface area contributed by atoms with Crippen molar-refractivity contribution in [2.24, 2.45) is 16.7 Å². The average molecular weight is 806 g/mol. The lowest BCUT2D eigenvalue weighted by Crippen LogP contribution is -2.81. The maximum absolute atomic E-state index is 14.8. The number of benzene rings is 2. The van der Waals surface area contributed by atoms with Crippen LogP contribution < -0.4 is 5.32 Å². The molecule has 2 bridgehead atoms. The van der Waals surface area contributed by atoms with Crippen LogP contribution in [0.1, 0.15) is 90.2 Å². The Morgan fingerprint density at radius 3 is 2.10 bits per heavy atom. The monoisotopic (exact) mass is 805 g/mol. The van der Waals surface area contributed by atoms with Gasteiger partial charge in [-0.2, -0.15) is 0 Å². The number of carbonyl (C=O) groups is 6. The third-order valence-electron chi connectivity index (χ3n) is 12.4. The Hall–Kier alpha value is -4.96. The quantitative estimate of drug-likeness (QED) is 0.171. The van der Waals surface area contributed by atoms with Crippen molar-refractivity contribution in [1.82, 2.24) is 5.32 Å². The third-order valence-corrected chi connectivity index (χ3v) is 12.4. The number of Topliss-reactive ketones (excluding diaryl/α,β-unsaturated/α-hetero) is 2. The van der Waals surface area contributed by atoms with Gasteiger partial charge in [-0.05, 0) is 57.9 Å². The number of ether oxygens (including phenoxy) is 5. The number of rotatable bonds is 8. The van der Waals surface area contributed by atoms with E-state index in [1.807, 2.05) is 0 Å². The van der Waals surface area contributed by atoms with Crippen molar-refractivity contribution in [3.63, 3.8) is 0 Å². The minimum absolute atomic E-state index is 0.0602. The number of hydrogen-bond acceptors (Lipinski definition) is 14. The summed E-state index contributed by atoms with van der Waals surface area (Å²) in [6.07, 6.45) is -9.78. The number of carbonyl (C=O) groups excluding carboxylic acids is 6. The molecule has 2 aromatic carbocycles. The van der Waals surface area contributed by atoms with E-state index in [9.17, 15) is 44.1 Å². The topological polar surface area (TPSA) is 221 Å². The number of aliphatic hydroxyl groups is 3. The number of fused-ring (bicyclic) bond motifs is 5. The Labute approximate surface area is 336 Å². The fourth-order valence-corrected chi connectivity index (χ4v) is 9.34. The van der Waals surface area contributed by atoms with Crippen molar-refractivity contribution < 1.29 is 67.8 Å². The Morgan fingerprint density at radius 2 is 1.55 bits per heavy atom. The molecule has 2 aromatic rings. The second kappa shape index (κ2) is 15.0. The smallest absolute Gasteiger partial charge is 0.408 e. The van der Waals surface area contributed by atoms with E-state index in [-0.39, 0.29) is 29.7 Å². The molecular weight excluding hydrogens is 754 g/mol. The summed E-state index contributed by atoms with van der Waals surface area (Å²) in [5, 5.41) is 39.3. The van der Waals surface area contributed by atoms with Gasteiger partial charge in [-0.3, -0.25) is 14.4 Å². The van der Waals surface area contributed by atoms with Crippen LogP contribution in [0.5, 0.6) is 0 Å². The molecule has 2 saturated carbocycles. The molecule has 1 aliphatic heterocycles. The first-order chi connectivity index (χ1) is 27.0. The fourth-order valence-electron chi connectivity index (χ4n) is 9.34. The highest BCUT2D eigenvalue weighted by Gasteiger charge is 2.78. The molecule has 0 aromatic heterocycles. The van der Waals surface area contributed by atoms with Crippen LogP contribution in [-0.4, -0.2) is 105 Å². The molecule has 3 aliphatic carbocycles. The Balaban J connectivity index is 1.49. The average Bonchev–Trinajstić information content (AvgIpc) is 3.14. The van der Waals surface area contributed by atoms with Gasteiger partial charge in [-0.1, -0.05) is 62.4 Å². The van der Waals surface area contributed by atoms with Crippen LogP contribution in [0, 0.1) is 16.7 Å². The van der Waals surface area contributed by atoms with Crippen LogP contribution in [0.15, 0.2) is 71.8 Å². The van der Waals surface area contributed by atoms with Gasteiger partial charge in [0.15, 0.2) is 11.7 Å². The van der Waals surface area contributed by atoms with Gasteiger partial charge < -0.3 is 44.3 Å². The second-order valence-electron chi connectivity index (χ2n) is 17.4. The van der Waals surface area contributed by atoms with E-state index >= 15 is 0 Å². The minimum Gasteiger partial charge on any atom is -0.456 e. The van der Waals surface area contributed by atoms with Crippen molar-refractivity contribution in [1.29, 1.82) is 0 Å². The molecule has 6 rings (SSSR count). The molecule has 1 saturated heterocycles. The highest BCUT2D eigenvalue weighted by atomic mass is 16.6. The van der Waals surface area contributed by atoms with E-state index in [2.05, 4.69) is 5.32 Å². The minimum atomic E-state index is -2.41. The molecule has 312 valence electrons. The molecule has 15 heteroatoms. The zero-order chi connectivity index (χ0) is 42.7. The van der Waals surface area contributed by atoms with Crippen molar-refractivity contribution in [3.05, 3.63) is 82.9 Å². The van der Waals surface area contributed by atoms with E-state index in [0.717, 1.165) is 6.92 Å². The summed E-state index contributed by atoms with van der Waals surface area (Å²) in [4.78, 5) is 83.5. The van der Waals surface area contributed by atoms with Gasteiger partial charge >= 0.3 is 24.0 Å². The largest absolute Gasteiger partial charge is 0.456 e. The SMILES string of the molecule is CC(=O)OC12COC1CC(O)C1(C)C(=O)C(=O)C3=C(C)C(OC(=O)C(O)C(NC(=O)OC(C)(C)C)c4ccccc4)CC(O)(C(OC(=O)c4ccccc4)C21)C3(C)C. The molecule has 0 spiro atoms. The molecule has 1 amide bonds. The van der Waals surface area contributed by atoms with Crippen molar-refractivity contribution in [2.45, 2.75) is 122 Å². The van der Waals surface area contributed by atoms with Gasteiger partial charge in [0, 0.05) is 30.8 Å². The first kappa shape index (κ1) is 42.6. The first-order valence-electron chi connectivity index (χ1n) is 19.2. The molecule has 10 unspecified atom stereocenters. The number of hydrogen-bond donors (Lipinski definition) is 4. The molecule has 3 fully saturated rings. The van der Waals surface area contributed by atoms with Crippen molar-refractivity contribution in [3.8, 4) is 0 Å². The summed E-state index contributed by atoms with van der Waals surface area (Å²) in [6.45, 7) is 11.5. The number of aliphatic hydroxyl groups excluding tert-OH is 2. The van der Waals surface area contributed by atoms with Crippen molar-refractivity contribution >= 4 is 35.6 Å². The highest BCUT2D eigenvalue weighted by Crippen LogP contribution is 2.63. The lowest BCUT2D eigenvalue weighted by atomic mass is 9.45. The molecule has 4 N–H and O–H groups in total. The predicted octanol–water partition coefficient (Wildman–Crippen LogP) is 3.47. The summed E-state index contributed by atoms with van der Waals surface area (Å²) in [7, 11) is 0. The Morgan fingerprint density at radius 1 is 0.948 bits per heavy atom. The van der Waals surface area contributed by atoms with Crippen LogP contribution in [0.2, 0.25) is 0 Å². The summed E-state index contributed by atoms with van der Waals surface area (Å²) < 4.78 is 29.4. The van der Waals surface area contributed by atoms with Gasteiger partial charge in [0.1, 0.15) is 29.5 Å². The maximum Gasteiger partial charge on any atom is 0.408 e. The highest BCUT2D eigenvalue weighted by molar-refractivity contribution is 6.46. The second-order valence-corrected chi connectivity index (χ2v) is 17.4. The lowest BCUT2D eigenvalue weighted by Gasteiger charge is -2.66. The summed E-state index contributed by atoms with van der Waals surface area (Å²) in [5.41, 5.74) is -8.77. The number of esters is 3. The maximum atomic E-state index is 14.8. The van der Waals surface area contributed by atoms with E-state index in [1.165, 1.54) is 39.8 Å². The van der Waals surface area contributed by atoms with E-state index in [0.29, 0.717) is 5.56 Å². The predicted molar refractivity (Wildman–Crippen MR) is 203 cm³/mol. The Bertz CT molecular complexity index is 2020. The van der Waals surface area contributed by atoms with E-state index < -0.39 is 112 Å². The zero-order valence-electron chi connectivity index (χ0n) is 33.8. The van der Waals surface area contributed by atoms with Gasteiger partial charge in [0.05, 0.1) is 35.6 Å². The molecule has 10 atom stereocenters. The van der Waals surface area contributed by atoms with Gasteiger partial charge in [-0.25, -0.2) is 14.4 Å².